The lowest BCUT2D eigenvalue weighted by Crippen LogP contribution is -2.21. The monoisotopic (exact) mass is 224 g/mol. The van der Waals surface area contributed by atoms with Crippen LogP contribution in [0.15, 0.2) is 12.5 Å². The molecular weight excluding hydrogens is 204 g/mol. The van der Waals surface area contributed by atoms with Crippen molar-refractivity contribution in [3.63, 3.8) is 0 Å². The van der Waals surface area contributed by atoms with Gasteiger partial charge in [-0.05, 0) is 19.9 Å². The molecule has 0 saturated heterocycles. The molecule has 1 unspecified atom stereocenters. The molecule has 0 saturated carbocycles. The van der Waals surface area contributed by atoms with Crippen molar-refractivity contribution in [2.45, 2.75) is 39.3 Å². The molecule has 0 aromatic carbocycles. The average Bonchev–Trinajstić information content (AvgIpc) is 2.65. The Balaban J connectivity index is 2.58. The van der Waals surface area contributed by atoms with Crippen molar-refractivity contribution >= 4 is 5.91 Å². The van der Waals surface area contributed by atoms with Crippen molar-refractivity contribution in [2.75, 3.05) is 6.54 Å². The lowest BCUT2D eigenvalue weighted by atomic mass is 10.2. The third-order valence-corrected chi connectivity index (χ3v) is 2.45. The minimum atomic E-state index is -0.284. The van der Waals surface area contributed by atoms with Crippen molar-refractivity contribution in [2.24, 2.45) is 5.73 Å². The number of carbonyl (C=O) groups is 1. The Morgan fingerprint density at radius 2 is 2.44 bits per heavy atom. The highest BCUT2D eigenvalue weighted by Crippen LogP contribution is 2.13. The van der Waals surface area contributed by atoms with Gasteiger partial charge in [0.15, 0.2) is 0 Å². The second-order valence-corrected chi connectivity index (χ2v) is 3.99. The molecule has 1 amide bonds. The fourth-order valence-corrected chi connectivity index (χ4v) is 1.65. The number of carbonyl (C=O) groups excluding carboxylic acids is 1. The smallest absolute Gasteiger partial charge is 0.219 e. The SMILES string of the molecule is CCCNCc1cncn1C(C)CC(N)=O. The summed E-state index contributed by atoms with van der Waals surface area (Å²) in [6, 6.07) is 0.0680. The predicted octanol–water partition coefficient (Wildman–Crippen LogP) is 0.819. The molecule has 1 aromatic rings. The summed E-state index contributed by atoms with van der Waals surface area (Å²) >= 11 is 0. The molecule has 0 bridgehead atoms. The van der Waals surface area contributed by atoms with Crippen LogP contribution >= 0.6 is 0 Å². The van der Waals surface area contributed by atoms with Gasteiger partial charge < -0.3 is 15.6 Å². The fraction of sp³-hybridized carbons (Fsp3) is 0.636. The zero-order chi connectivity index (χ0) is 12.0. The summed E-state index contributed by atoms with van der Waals surface area (Å²) < 4.78 is 1.99. The summed E-state index contributed by atoms with van der Waals surface area (Å²) in [7, 11) is 0. The van der Waals surface area contributed by atoms with E-state index in [2.05, 4.69) is 17.2 Å². The number of amides is 1. The van der Waals surface area contributed by atoms with Crippen molar-refractivity contribution in [3.8, 4) is 0 Å². The summed E-state index contributed by atoms with van der Waals surface area (Å²) in [4.78, 5) is 14.9. The Kier molecular flexibility index (Phi) is 4.98. The number of primary amides is 1. The molecule has 0 radical (unpaired) electrons. The Labute approximate surface area is 96.0 Å². The summed E-state index contributed by atoms with van der Waals surface area (Å²) in [6.45, 7) is 5.85. The highest BCUT2D eigenvalue weighted by atomic mass is 16.1. The summed E-state index contributed by atoms with van der Waals surface area (Å²) in [5, 5.41) is 3.31. The largest absolute Gasteiger partial charge is 0.370 e. The highest BCUT2D eigenvalue weighted by molar-refractivity contribution is 5.74. The topological polar surface area (TPSA) is 72.9 Å². The van der Waals surface area contributed by atoms with E-state index >= 15 is 0 Å². The molecular formula is C11H20N4O. The third kappa shape index (κ3) is 3.66. The van der Waals surface area contributed by atoms with Crippen LogP contribution < -0.4 is 11.1 Å². The van der Waals surface area contributed by atoms with Gasteiger partial charge in [-0.3, -0.25) is 4.79 Å². The van der Waals surface area contributed by atoms with Gasteiger partial charge in [0, 0.05) is 25.2 Å². The molecule has 5 heteroatoms. The number of nitrogens with one attached hydrogen (secondary N) is 1. The molecule has 0 aliphatic rings. The Morgan fingerprint density at radius 1 is 1.69 bits per heavy atom. The predicted molar refractivity (Wildman–Crippen MR) is 62.7 cm³/mol. The summed E-state index contributed by atoms with van der Waals surface area (Å²) in [6.07, 6.45) is 5.01. The maximum absolute atomic E-state index is 10.8. The summed E-state index contributed by atoms with van der Waals surface area (Å²) in [5.41, 5.74) is 6.27. The van der Waals surface area contributed by atoms with Crippen LogP contribution in [0.3, 0.4) is 0 Å². The normalized spacial score (nSPS) is 12.6. The molecule has 1 heterocycles. The number of imidazole rings is 1. The Bertz CT molecular complexity index is 334. The Hall–Kier alpha value is -1.36. The van der Waals surface area contributed by atoms with Crippen LogP contribution in [0.25, 0.3) is 0 Å². The van der Waals surface area contributed by atoms with Gasteiger partial charge in [-0.25, -0.2) is 4.98 Å². The Morgan fingerprint density at radius 3 is 3.06 bits per heavy atom. The van der Waals surface area contributed by atoms with Crippen LogP contribution in [-0.4, -0.2) is 22.0 Å². The molecule has 3 N–H and O–H groups in total. The molecule has 0 fully saturated rings. The first-order valence-electron chi connectivity index (χ1n) is 5.64. The van der Waals surface area contributed by atoms with Gasteiger partial charge in [0.25, 0.3) is 0 Å². The van der Waals surface area contributed by atoms with Gasteiger partial charge >= 0.3 is 0 Å². The molecule has 90 valence electrons. The van der Waals surface area contributed by atoms with E-state index in [0.29, 0.717) is 6.42 Å². The molecule has 1 atom stereocenters. The first kappa shape index (κ1) is 12.7. The number of rotatable bonds is 7. The van der Waals surface area contributed by atoms with Gasteiger partial charge in [-0.15, -0.1) is 0 Å². The molecule has 0 aliphatic carbocycles. The van der Waals surface area contributed by atoms with Crippen molar-refractivity contribution < 1.29 is 4.79 Å². The maximum Gasteiger partial charge on any atom is 0.219 e. The second-order valence-electron chi connectivity index (χ2n) is 3.99. The minimum absolute atomic E-state index is 0.0680. The summed E-state index contributed by atoms with van der Waals surface area (Å²) in [5.74, 6) is -0.284. The minimum Gasteiger partial charge on any atom is -0.370 e. The van der Waals surface area contributed by atoms with Gasteiger partial charge in [-0.1, -0.05) is 6.92 Å². The zero-order valence-electron chi connectivity index (χ0n) is 9.94. The van der Waals surface area contributed by atoms with Crippen molar-refractivity contribution in [1.29, 1.82) is 0 Å². The van der Waals surface area contributed by atoms with Gasteiger partial charge in [-0.2, -0.15) is 0 Å². The van der Waals surface area contributed by atoms with Crippen LogP contribution in [0.2, 0.25) is 0 Å². The van der Waals surface area contributed by atoms with E-state index in [4.69, 9.17) is 5.73 Å². The third-order valence-electron chi connectivity index (χ3n) is 2.45. The molecule has 1 rings (SSSR count). The fourth-order valence-electron chi connectivity index (χ4n) is 1.65. The first-order valence-corrected chi connectivity index (χ1v) is 5.64. The second kappa shape index (κ2) is 6.27. The van der Waals surface area contributed by atoms with Crippen LogP contribution in [-0.2, 0) is 11.3 Å². The standard InChI is InChI=1S/C11H20N4O/c1-3-4-13-6-10-7-14-8-15(10)9(2)5-11(12)16/h7-9,13H,3-6H2,1-2H3,(H2,12,16). The van der Waals surface area contributed by atoms with E-state index in [0.717, 1.165) is 25.2 Å². The van der Waals surface area contributed by atoms with Crippen LogP contribution in [0.5, 0.6) is 0 Å². The average molecular weight is 224 g/mol. The molecule has 0 aliphatic heterocycles. The lowest BCUT2D eigenvalue weighted by Gasteiger charge is -2.15. The van der Waals surface area contributed by atoms with E-state index in [1.54, 1.807) is 6.33 Å². The highest BCUT2D eigenvalue weighted by Gasteiger charge is 2.11. The van der Waals surface area contributed by atoms with E-state index in [1.165, 1.54) is 0 Å². The number of aromatic nitrogens is 2. The number of nitrogens with two attached hydrogens (primary N) is 1. The van der Waals surface area contributed by atoms with E-state index in [-0.39, 0.29) is 11.9 Å². The molecule has 1 aromatic heterocycles. The zero-order valence-corrected chi connectivity index (χ0v) is 9.94. The van der Waals surface area contributed by atoms with E-state index in [9.17, 15) is 4.79 Å². The number of nitrogens with zero attached hydrogens (tertiary/aromatic N) is 2. The lowest BCUT2D eigenvalue weighted by molar-refractivity contribution is -0.118. The first-order chi connectivity index (χ1) is 7.65. The van der Waals surface area contributed by atoms with Crippen LogP contribution in [0, 0.1) is 0 Å². The molecule has 16 heavy (non-hydrogen) atoms. The van der Waals surface area contributed by atoms with Crippen LogP contribution in [0.1, 0.15) is 38.4 Å². The molecule has 0 spiro atoms. The van der Waals surface area contributed by atoms with Crippen LogP contribution in [0.4, 0.5) is 0 Å². The maximum atomic E-state index is 10.8. The van der Waals surface area contributed by atoms with E-state index in [1.807, 2.05) is 17.7 Å². The van der Waals surface area contributed by atoms with Gasteiger partial charge in [0.2, 0.25) is 5.91 Å². The van der Waals surface area contributed by atoms with E-state index < -0.39 is 0 Å². The van der Waals surface area contributed by atoms with Crippen molar-refractivity contribution in [1.82, 2.24) is 14.9 Å². The van der Waals surface area contributed by atoms with Gasteiger partial charge in [0.1, 0.15) is 0 Å². The van der Waals surface area contributed by atoms with Crippen molar-refractivity contribution in [3.05, 3.63) is 18.2 Å². The number of hydrogen-bond donors (Lipinski definition) is 2. The molecule has 5 nitrogen and oxygen atoms in total. The number of hydrogen-bond acceptors (Lipinski definition) is 3. The quantitative estimate of drug-likeness (QED) is 0.673. The van der Waals surface area contributed by atoms with Gasteiger partial charge in [0.05, 0.1) is 12.0 Å².